The van der Waals surface area contributed by atoms with Gasteiger partial charge < -0.3 is 9.47 Å². The van der Waals surface area contributed by atoms with Gasteiger partial charge in [-0.05, 0) is 49.9 Å². The molecule has 0 saturated heterocycles. The Morgan fingerprint density at radius 2 is 1.54 bits per heavy atom. The number of hydrogen-bond donors (Lipinski definition) is 0. The van der Waals surface area contributed by atoms with Crippen LogP contribution in [0.25, 0.3) is 0 Å². The third-order valence-electron chi connectivity index (χ3n) is 3.85. The first-order valence-electron chi connectivity index (χ1n) is 7.28. The van der Waals surface area contributed by atoms with Crippen molar-refractivity contribution in [3.8, 4) is 0 Å². The van der Waals surface area contributed by atoms with Gasteiger partial charge in [-0.25, -0.2) is 0 Å². The molecule has 0 bridgehead atoms. The second-order valence-electron chi connectivity index (χ2n) is 5.36. The van der Waals surface area contributed by atoms with E-state index in [9.17, 15) is 22.8 Å². The maximum atomic E-state index is 12.8. The first-order chi connectivity index (χ1) is 10.7. The number of halogens is 3. The molecule has 0 aliphatic heterocycles. The Hall–Kier alpha value is -1.05. The summed E-state index contributed by atoms with van der Waals surface area (Å²) in [6.07, 6.45) is -4.64. The molecule has 1 aromatic carbocycles. The van der Waals surface area contributed by atoms with E-state index in [1.165, 1.54) is 6.07 Å². The summed E-state index contributed by atoms with van der Waals surface area (Å²) in [6, 6.07) is 3.24. The van der Waals surface area contributed by atoms with Gasteiger partial charge in [-0.15, -0.1) is 0 Å². The molecule has 2 rings (SSSR count). The van der Waals surface area contributed by atoms with Crippen LogP contribution in [0.5, 0.6) is 0 Å². The van der Waals surface area contributed by atoms with E-state index < -0.39 is 29.1 Å². The molecule has 1 aromatic rings. The molecule has 4 nitrogen and oxygen atoms in total. The van der Waals surface area contributed by atoms with E-state index in [1.54, 1.807) is 13.8 Å². The summed E-state index contributed by atoms with van der Waals surface area (Å²) in [5, 5.41) is 0. The van der Waals surface area contributed by atoms with E-state index in [4.69, 9.17) is 9.47 Å². The number of ether oxygens (including phenoxy) is 2. The summed E-state index contributed by atoms with van der Waals surface area (Å²) in [5.41, 5.74) is -1.56. The number of rotatable bonds is 4. The smallest absolute Gasteiger partial charge is 0.416 e. The minimum atomic E-state index is -4.48. The van der Waals surface area contributed by atoms with Gasteiger partial charge in [0.2, 0.25) is 0 Å². The van der Waals surface area contributed by atoms with Crippen LogP contribution in [0.15, 0.2) is 18.2 Å². The molecule has 127 valence electrons. The van der Waals surface area contributed by atoms with E-state index >= 15 is 0 Å². The maximum absolute atomic E-state index is 12.8. The monoisotopic (exact) mass is 353 g/mol. The molecule has 8 heteroatoms. The Balaban J connectivity index is 0.00000288. The van der Waals surface area contributed by atoms with Crippen molar-refractivity contribution in [3.63, 3.8) is 0 Å². The largest absolute Gasteiger partial charge is 0.465 e. The Bertz CT molecular complexity index is 610. The first kappa shape index (κ1) is 21.0. The van der Waals surface area contributed by atoms with E-state index in [-0.39, 0.29) is 55.6 Å². The van der Waals surface area contributed by atoms with Crippen LogP contribution in [-0.2, 0) is 38.1 Å². The van der Waals surface area contributed by atoms with Crippen molar-refractivity contribution in [2.24, 2.45) is 5.41 Å². The first-order valence-corrected chi connectivity index (χ1v) is 7.28. The molecule has 0 fully saturated rings. The van der Waals surface area contributed by atoms with Gasteiger partial charge in [0.15, 0.2) is 5.41 Å². The van der Waals surface area contributed by atoms with Gasteiger partial charge in [-0.1, -0.05) is 6.07 Å². The molecule has 0 unspecified atom stereocenters. The number of alkyl halides is 3. The average molecular weight is 353 g/mol. The Labute approximate surface area is 160 Å². The predicted molar refractivity (Wildman–Crippen MR) is 80.3 cm³/mol. The molecular weight excluding hydrogens is 336 g/mol. The Kier molecular flexibility index (Phi) is 6.90. The summed E-state index contributed by atoms with van der Waals surface area (Å²) < 4.78 is 48.4. The van der Waals surface area contributed by atoms with Crippen molar-refractivity contribution in [1.82, 2.24) is 0 Å². The summed E-state index contributed by atoms with van der Waals surface area (Å²) >= 11 is 0. The molecule has 24 heavy (non-hydrogen) atoms. The second-order valence-corrected chi connectivity index (χ2v) is 5.36. The maximum Gasteiger partial charge on any atom is 0.416 e. The predicted octanol–water partition coefficient (Wildman–Crippen LogP) is 2.54. The molecule has 0 amide bonds. The number of benzene rings is 1. The Morgan fingerprint density at radius 3 is 2.00 bits per heavy atom. The quantitative estimate of drug-likeness (QED) is 0.474. The fourth-order valence-electron chi connectivity index (χ4n) is 2.76. The van der Waals surface area contributed by atoms with Gasteiger partial charge in [-0.3, -0.25) is 9.59 Å². The van der Waals surface area contributed by atoms with Crippen molar-refractivity contribution < 1.29 is 32.2 Å². The molecule has 0 N–H and O–H groups in total. The van der Waals surface area contributed by atoms with Crippen LogP contribution in [0.4, 0.5) is 13.2 Å². The van der Waals surface area contributed by atoms with E-state index in [1.807, 2.05) is 0 Å². The zero-order valence-electron chi connectivity index (χ0n) is 13.8. The van der Waals surface area contributed by atoms with Gasteiger partial charge in [0, 0.05) is 29.6 Å². The molecule has 0 aromatic heterocycles. The molecular formula is C16H17F3NaO4. The minimum absolute atomic E-state index is 0. The van der Waals surface area contributed by atoms with Crippen LogP contribution < -0.4 is 0 Å². The fourth-order valence-corrected chi connectivity index (χ4v) is 2.76. The van der Waals surface area contributed by atoms with Gasteiger partial charge in [0.1, 0.15) is 0 Å². The number of esters is 2. The number of fused-ring (bicyclic) bond motifs is 1. The van der Waals surface area contributed by atoms with Crippen molar-refractivity contribution in [2.45, 2.75) is 32.9 Å². The SMILES string of the molecule is CCOC(=O)C1(C(=O)OCC)Cc2ccc(C(F)(F)F)cc2C1.[Na]. The third-order valence-corrected chi connectivity index (χ3v) is 3.85. The van der Waals surface area contributed by atoms with Gasteiger partial charge in [0.25, 0.3) is 0 Å². The molecule has 1 aliphatic carbocycles. The molecule has 1 radical (unpaired) electrons. The van der Waals surface area contributed by atoms with E-state index in [0.29, 0.717) is 11.1 Å². The van der Waals surface area contributed by atoms with Crippen molar-refractivity contribution in [1.29, 1.82) is 0 Å². The summed E-state index contributed by atoms with van der Waals surface area (Å²) in [4.78, 5) is 24.6. The second kappa shape index (κ2) is 7.89. The summed E-state index contributed by atoms with van der Waals surface area (Å²) in [7, 11) is 0. The van der Waals surface area contributed by atoms with E-state index in [0.717, 1.165) is 12.1 Å². The standard InChI is InChI=1S/C16H17F3O4.Na/c1-3-22-13(20)15(14(21)23-4-2)8-10-5-6-12(16(17,18)19)7-11(10)9-15;/h5-7H,3-4,8-9H2,1-2H3;. The molecule has 0 saturated carbocycles. The number of carbonyl (C=O) groups excluding carboxylic acids is 2. The number of hydrogen-bond acceptors (Lipinski definition) is 4. The van der Waals surface area contributed by atoms with Crippen LogP contribution in [0.1, 0.15) is 30.5 Å². The Morgan fingerprint density at radius 1 is 1.04 bits per heavy atom. The van der Waals surface area contributed by atoms with Crippen LogP contribution in [0.3, 0.4) is 0 Å². The third kappa shape index (κ3) is 3.95. The van der Waals surface area contributed by atoms with Crippen molar-refractivity contribution >= 4 is 41.5 Å². The van der Waals surface area contributed by atoms with Gasteiger partial charge >= 0.3 is 18.1 Å². The zero-order valence-corrected chi connectivity index (χ0v) is 15.8. The van der Waals surface area contributed by atoms with E-state index in [2.05, 4.69) is 0 Å². The van der Waals surface area contributed by atoms with Crippen LogP contribution in [0.2, 0.25) is 0 Å². The van der Waals surface area contributed by atoms with Crippen molar-refractivity contribution in [2.75, 3.05) is 13.2 Å². The van der Waals surface area contributed by atoms with Crippen LogP contribution in [-0.4, -0.2) is 54.7 Å². The van der Waals surface area contributed by atoms with Gasteiger partial charge in [0.05, 0.1) is 18.8 Å². The van der Waals surface area contributed by atoms with Crippen molar-refractivity contribution in [3.05, 3.63) is 34.9 Å². The molecule has 0 atom stereocenters. The molecule has 0 spiro atoms. The normalized spacial score (nSPS) is 15.2. The van der Waals surface area contributed by atoms with Gasteiger partial charge in [-0.2, -0.15) is 13.2 Å². The minimum Gasteiger partial charge on any atom is -0.465 e. The number of carbonyl (C=O) groups is 2. The zero-order chi connectivity index (χ0) is 17.3. The summed E-state index contributed by atoms with van der Waals surface area (Å²) in [5.74, 6) is -1.52. The fraction of sp³-hybridized carbons (Fsp3) is 0.500. The average Bonchev–Trinajstić information content (AvgIpc) is 2.86. The van der Waals surface area contributed by atoms with Crippen LogP contribution >= 0.6 is 0 Å². The van der Waals surface area contributed by atoms with Crippen LogP contribution in [0, 0.1) is 5.41 Å². The molecule has 1 aliphatic rings. The molecule has 0 heterocycles. The topological polar surface area (TPSA) is 52.6 Å². The summed E-state index contributed by atoms with van der Waals surface area (Å²) in [6.45, 7) is 3.34.